The summed E-state index contributed by atoms with van der Waals surface area (Å²) in [5.41, 5.74) is 0.237. The Morgan fingerprint density at radius 3 is 2.33 bits per heavy atom. The summed E-state index contributed by atoms with van der Waals surface area (Å²) in [5, 5.41) is 9.53. The Kier molecular flexibility index (Phi) is 1.89. The van der Waals surface area contributed by atoms with Gasteiger partial charge in [-0.3, -0.25) is 0 Å². The Morgan fingerprint density at radius 2 is 1.73 bits per heavy atom. The van der Waals surface area contributed by atoms with Gasteiger partial charge in [0.25, 0.3) is 0 Å². The van der Waals surface area contributed by atoms with Crippen molar-refractivity contribution in [2.24, 2.45) is 5.41 Å². The van der Waals surface area contributed by atoms with E-state index in [0.717, 1.165) is 6.61 Å². The zero-order valence-electron chi connectivity index (χ0n) is 8.12. The topological polar surface area (TPSA) is 38.7 Å². The average molecular weight is 271 g/mol. The van der Waals surface area contributed by atoms with Crippen LogP contribution < -0.4 is 9.47 Å². The highest BCUT2D eigenvalue weighted by molar-refractivity contribution is 9.10. The van der Waals surface area contributed by atoms with Crippen LogP contribution in [0.5, 0.6) is 17.2 Å². The van der Waals surface area contributed by atoms with E-state index in [1.54, 1.807) is 12.1 Å². The van der Waals surface area contributed by atoms with E-state index in [2.05, 4.69) is 15.9 Å². The van der Waals surface area contributed by atoms with Gasteiger partial charge in [-0.2, -0.15) is 0 Å². The number of phenols is 1. The number of halogens is 1. The van der Waals surface area contributed by atoms with Gasteiger partial charge in [-0.05, 0) is 28.8 Å². The van der Waals surface area contributed by atoms with E-state index < -0.39 is 0 Å². The van der Waals surface area contributed by atoms with Gasteiger partial charge in [0.15, 0.2) is 11.5 Å². The molecule has 3 rings (SSSR count). The molecule has 0 aromatic heterocycles. The number of rotatable bonds is 0. The van der Waals surface area contributed by atoms with Gasteiger partial charge in [-0.15, -0.1) is 0 Å². The Bertz CT molecular complexity index is 378. The van der Waals surface area contributed by atoms with Crippen molar-refractivity contribution in [1.82, 2.24) is 0 Å². The molecule has 1 aromatic carbocycles. The number of ether oxygens (including phenoxy) is 2. The van der Waals surface area contributed by atoms with Gasteiger partial charge < -0.3 is 14.6 Å². The first kappa shape index (κ1) is 9.33. The van der Waals surface area contributed by atoms with E-state index >= 15 is 0 Å². The van der Waals surface area contributed by atoms with Crippen molar-refractivity contribution in [2.75, 3.05) is 13.2 Å². The lowest BCUT2D eigenvalue weighted by Gasteiger charge is -2.08. The maximum atomic E-state index is 9.53. The van der Waals surface area contributed by atoms with E-state index in [1.165, 1.54) is 12.8 Å². The van der Waals surface area contributed by atoms with E-state index in [-0.39, 0.29) is 11.2 Å². The number of hydrogen-bond acceptors (Lipinski definition) is 3. The fourth-order valence-electron chi connectivity index (χ4n) is 1.72. The molecule has 0 radical (unpaired) electrons. The number of benzene rings is 1. The molecule has 0 unspecified atom stereocenters. The fourth-order valence-corrected chi connectivity index (χ4v) is 2.04. The molecule has 1 aliphatic carbocycles. The maximum absolute atomic E-state index is 9.53. The van der Waals surface area contributed by atoms with Crippen molar-refractivity contribution in [3.05, 3.63) is 16.6 Å². The van der Waals surface area contributed by atoms with Crippen LogP contribution in [-0.2, 0) is 0 Å². The minimum absolute atomic E-state index is 0.184. The Hall–Kier alpha value is -0.900. The molecule has 1 fully saturated rings. The monoisotopic (exact) mass is 270 g/mol. The Morgan fingerprint density at radius 1 is 1.13 bits per heavy atom. The predicted octanol–water partition coefficient (Wildman–Crippen LogP) is 2.71. The van der Waals surface area contributed by atoms with Gasteiger partial charge in [0, 0.05) is 17.5 Å². The van der Waals surface area contributed by atoms with Crippen LogP contribution in [0.25, 0.3) is 0 Å². The number of hydrogen-bond donors (Lipinski definition) is 1. The lowest BCUT2D eigenvalue weighted by molar-refractivity contribution is 0.197. The summed E-state index contributed by atoms with van der Waals surface area (Å²) in [4.78, 5) is 0. The Balaban J connectivity index is 1.96. The van der Waals surface area contributed by atoms with Crippen LogP contribution in [0.15, 0.2) is 16.6 Å². The first-order valence-electron chi connectivity index (χ1n) is 4.97. The molecule has 1 spiro atoms. The highest BCUT2D eigenvalue weighted by atomic mass is 79.9. The maximum Gasteiger partial charge on any atom is 0.164 e. The van der Waals surface area contributed by atoms with E-state index in [9.17, 15) is 5.11 Å². The van der Waals surface area contributed by atoms with Gasteiger partial charge >= 0.3 is 0 Å². The summed E-state index contributed by atoms with van der Waals surface area (Å²) in [6, 6.07) is 3.35. The highest BCUT2D eigenvalue weighted by Gasteiger charge is 2.46. The molecule has 1 N–H and O–H groups in total. The van der Waals surface area contributed by atoms with Crippen LogP contribution in [0.2, 0.25) is 0 Å². The van der Waals surface area contributed by atoms with Gasteiger partial charge in [0.05, 0.1) is 17.7 Å². The van der Waals surface area contributed by atoms with Crippen molar-refractivity contribution < 1.29 is 14.6 Å². The molecule has 15 heavy (non-hydrogen) atoms. The second-order valence-corrected chi connectivity index (χ2v) is 5.18. The summed E-state index contributed by atoms with van der Waals surface area (Å²) in [5.74, 6) is 1.53. The normalized spacial score (nSPS) is 21.1. The molecule has 1 aliphatic heterocycles. The lowest BCUT2D eigenvalue weighted by atomic mass is 10.1. The number of aromatic hydroxyl groups is 1. The minimum atomic E-state index is 0.184. The molecule has 0 atom stereocenters. The summed E-state index contributed by atoms with van der Waals surface area (Å²) >= 11 is 3.26. The third-order valence-electron chi connectivity index (χ3n) is 3.04. The van der Waals surface area contributed by atoms with Crippen LogP contribution in [0.1, 0.15) is 12.8 Å². The molecule has 2 aliphatic rings. The highest BCUT2D eigenvalue weighted by Crippen LogP contribution is 2.50. The molecule has 0 bridgehead atoms. The van der Waals surface area contributed by atoms with E-state index in [4.69, 9.17) is 9.47 Å². The van der Waals surface area contributed by atoms with E-state index in [0.29, 0.717) is 22.6 Å². The van der Waals surface area contributed by atoms with Crippen LogP contribution in [0, 0.1) is 5.41 Å². The Labute approximate surface area is 96.1 Å². The smallest absolute Gasteiger partial charge is 0.164 e. The van der Waals surface area contributed by atoms with Crippen molar-refractivity contribution >= 4 is 15.9 Å². The summed E-state index contributed by atoms with van der Waals surface area (Å²) in [7, 11) is 0. The molecule has 1 heterocycles. The summed E-state index contributed by atoms with van der Waals surface area (Å²) in [6.07, 6.45) is 2.35. The SMILES string of the molecule is Oc1cc2c(cc1Br)OCC1(CC1)CO2. The standard InChI is InChI=1S/C11H11BrO3/c12-7-3-9-10(4-8(7)13)15-6-11(1-2-11)5-14-9/h3-4,13H,1-2,5-6H2. The van der Waals surface area contributed by atoms with Gasteiger partial charge in [0.2, 0.25) is 0 Å². The summed E-state index contributed by atoms with van der Waals surface area (Å²) in [6.45, 7) is 1.41. The largest absolute Gasteiger partial charge is 0.507 e. The molecule has 3 nitrogen and oxygen atoms in total. The zero-order chi connectivity index (χ0) is 10.5. The molecule has 1 aromatic rings. The first-order chi connectivity index (χ1) is 7.19. The van der Waals surface area contributed by atoms with Crippen molar-refractivity contribution in [3.63, 3.8) is 0 Å². The molecule has 0 amide bonds. The van der Waals surface area contributed by atoms with Crippen LogP contribution in [0.4, 0.5) is 0 Å². The van der Waals surface area contributed by atoms with Crippen molar-refractivity contribution in [1.29, 1.82) is 0 Å². The third-order valence-corrected chi connectivity index (χ3v) is 3.67. The molecular weight excluding hydrogens is 260 g/mol. The second-order valence-electron chi connectivity index (χ2n) is 4.33. The van der Waals surface area contributed by atoms with Gasteiger partial charge in [-0.1, -0.05) is 0 Å². The second kappa shape index (κ2) is 3.04. The zero-order valence-corrected chi connectivity index (χ0v) is 9.71. The average Bonchev–Trinajstić information content (AvgIpc) is 2.99. The lowest BCUT2D eigenvalue weighted by Crippen LogP contribution is -2.17. The quantitative estimate of drug-likeness (QED) is 0.788. The molecule has 0 saturated heterocycles. The molecular formula is C11H11BrO3. The number of fused-ring (bicyclic) bond motifs is 1. The predicted molar refractivity (Wildman–Crippen MR) is 58.5 cm³/mol. The van der Waals surface area contributed by atoms with Crippen LogP contribution in [-0.4, -0.2) is 18.3 Å². The van der Waals surface area contributed by atoms with Gasteiger partial charge in [0.1, 0.15) is 5.75 Å². The van der Waals surface area contributed by atoms with Crippen LogP contribution >= 0.6 is 15.9 Å². The van der Waals surface area contributed by atoms with Crippen molar-refractivity contribution in [3.8, 4) is 17.2 Å². The molecule has 1 saturated carbocycles. The first-order valence-corrected chi connectivity index (χ1v) is 5.76. The molecule has 80 valence electrons. The number of phenolic OH excluding ortho intramolecular Hbond substituents is 1. The third kappa shape index (κ3) is 1.57. The van der Waals surface area contributed by atoms with Gasteiger partial charge in [-0.25, -0.2) is 0 Å². The minimum Gasteiger partial charge on any atom is -0.507 e. The fraction of sp³-hybridized carbons (Fsp3) is 0.455. The summed E-state index contributed by atoms with van der Waals surface area (Å²) < 4.78 is 12.0. The molecule has 4 heteroatoms. The van der Waals surface area contributed by atoms with E-state index in [1.807, 2.05) is 0 Å². The van der Waals surface area contributed by atoms with Crippen molar-refractivity contribution in [2.45, 2.75) is 12.8 Å². The van der Waals surface area contributed by atoms with Crippen LogP contribution in [0.3, 0.4) is 0 Å².